The summed E-state index contributed by atoms with van der Waals surface area (Å²) in [7, 11) is 1.97. The summed E-state index contributed by atoms with van der Waals surface area (Å²) in [6.45, 7) is 11.0. The molecule has 0 unspecified atom stereocenters. The fraction of sp³-hybridized carbons (Fsp3) is 0.667. The summed E-state index contributed by atoms with van der Waals surface area (Å²) in [6.07, 6.45) is 1.25. The van der Waals surface area contributed by atoms with Gasteiger partial charge in [-0.25, -0.2) is 4.98 Å². The molecule has 1 saturated heterocycles. The number of nitrogens with zero attached hydrogens (tertiary/aromatic N) is 3. The zero-order chi connectivity index (χ0) is 13.7. The fourth-order valence-electron chi connectivity index (χ4n) is 2.65. The summed E-state index contributed by atoms with van der Waals surface area (Å²) in [5, 5.41) is 3.18. The predicted molar refractivity (Wildman–Crippen MR) is 80.7 cm³/mol. The molecule has 1 aliphatic rings. The number of rotatable bonds is 5. The van der Waals surface area contributed by atoms with E-state index in [1.165, 1.54) is 18.5 Å². The second-order valence-corrected chi connectivity index (χ2v) is 5.27. The molecule has 1 fully saturated rings. The van der Waals surface area contributed by atoms with Gasteiger partial charge >= 0.3 is 0 Å². The van der Waals surface area contributed by atoms with Crippen LogP contribution in [0, 0.1) is 6.92 Å². The van der Waals surface area contributed by atoms with Crippen LogP contribution in [-0.2, 0) is 6.54 Å². The number of piperazine rings is 1. The molecule has 0 saturated carbocycles. The zero-order valence-electron chi connectivity index (χ0n) is 12.4. The van der Waals surface area contributed by atoms with Crippen molar-refractivity contribution in [3.8, 4) is 0 Å². The van der Waals surface area contributed by atoms with Crippen LogP contribution in [0.2, 0.25) is 0 Å². The third kappa shape index (κ3) is 3.67. The lowest BCUT2D eigenvalue weighted by Gasteiger charge is -2.35. The first-order valence-corrected chi connectivity index (χ1v) is 7.33. The van der Waals surface area contributed by atoms with Crippen LogP contribution in [-0.4, -0.2) is 49.7 Å². The molecule has 0 aromatic carbocycles. The highest BCUT2D eigenvalue weighted by molar-refractivity contribution is 5.42. The second kappa shape index (κ2) is 6.87. The Morgan fingerprint density at radius 3 is 2.53 bits per heavy atom. The predicted octanol–water partition coefficient (Wildman–Crippen LogP) is 1.64. The van der Waals surface area contributed by atoms with Crippen molar-refractivity contribution in [1.29, 1.82) is 0 Å². The number of anilines is 1. The highest BCUT2D eigenvalue weighted by Gasteiger charge is 2.17. The molecule has 4 nitrogen and oxygen atoms in total. The van der Waals surface area contributed by atoms with Gasteiger partial charge in [0.1, 0.15) is 5.82 Å². The minimum absolute atomic E-state index is 0.892. The Labute approximate surface area is 116 Å². The maximum absolute atomic E-state index is 4.75. The molecule has 1 aliphatic heterocycles. The van der Waals surface area contributed by atoms with Crippen LogP contribution in [0.5, 0.6) is 0 Å². The molecule has 0 spiro atoms. The van der Waals surface area contributed by atoms with Crippen molar-refractivity contribution in [1.82, 2.24) is 15.2 Å². The van der Waals surface area contributed by atoms with Gasteiger partial charge in [-0.3, -0.25) is 4.90 Å². The van der Waals surface area contributed by atoms with Crippen molar-refractivity contribution in [2.75, 3.05) is 44.7 Å². The van der Waals surface area contributed by atoms with Crippen molar-refractivity contribution in [2.45, 2.75) is 26.8 Å². The topological polar surface area (TPSA) is 31.4 Å². The van der Waals surface area contributed by atoms with Gasteiger partial charge in [-0.2, -0.15) is 0 Å². The molecule has 1 aromatic heterocycles. The van der Waals surface area contributed by atoms with Crippen LogP contribution in [0.1, 0.15) is 24.6 Å². The van der Waals surface area contributed by atoms with Gasteiger partial charge in [-0.05, 0) is 38.6 Å². The highest BCUT2D eigenvalue weighted by Crippen LogP contribution is 2.16. The first kappa shape index (κ1) is 14.3. The zero-order valence-corrected chi connectivity index (χ0v) is 12.4. The summed E-state index contributed by atoms with van der Waals surface area (Å²) < 4.78 is 0. The minimum atomic E-state index is 0.892. The summed E-state index contributed by atoms with van der Waals surface area (Å²) in [6, 6.07) is 4.36. The number of pyridine rings is 1. The Kier molecular flexibility index (Phi) is 5.16. The molecule has 0 atom stereocenters. The summed E-state index contributed by atoms with van der Waals surface area (Å²) in [5.74, 6) is 1.13. The summed E-state index contributed by atoms with van der Waals surface area (Å²) >= 11 is 0. The maximum atomic E-state index is 4.75. The molecule has 0 bridgehead atoms. The average molecular weight is 262 g/mol. The van der Waals surface area contributed by atoms with Gasteiger partial charge in [-0.15, -0.1) is 0 Å². The second-order valence-electron chi connectivity index (χ2n) is 5.27. The molecule has 4 heteroatoms. The third-order valence-corrected chi connectivity index (χ3v) is 3.78. The molecule has 106 valence electrons. The Morgan fingerprint density at radius 1 is 1.21 bits per heavy atom. The van der Waals surface area contributed by atoms with Crippen LogP contribution in [0.15, 0.2) is 12.1 Å². The minimum Gasteiger partial charge on any atom is -0.354 e. The van der Waals surface area contributed by atoms with E-state index >= 15 is 0 Å². The van der Waals surface area contributed by atoms with Crippen molar-refractivity contribution >= 4 is 5.82 Å². The number of nitrogens with one attached hydrogen (secondary N) is 1. The van der Waals surface area contributed by atoms with Gasteiger partial charge < -0.3 is 10.2 Å². The molecule has 1 N–H and O–H groups in total. The van der Waals surface area contributed by atoms with Crippen molar-refractivity contribution in [3.63, 3.8) is 0 Å². The number of aromatic nitrogens is 1. The molecule has 0 radical (unpaired) electrons. The van der Waals surface area contributed by atoms with Gasteiger partial charge in [-0.1, -0.05) is 13.0 Å². The normalized spacial score (nSPS) is 16.9. The van der Waals surface area contributed by atoms with E-state index in [0.717, 1.165) is 44.2 Å². The Morgan fingerprint density at radius 2 is 1.95 bits per heavy atom. The van der Waals surface area contributed by atoms with Gasteiger partial charge in [0.05, 0.1) is 0 Å². The van der Waals surface area contributed by atoms with Crippen LogP contribution in [0.3, 0.4) is 0 Å². The Bertz CT molecular complexity index is 397. The fourth-order valence-corrected chi connectivity index (χ4v) is 2.65. The van der Waals surface area contributed by atoms with E-state index < -0.39 is 0 Å². The van der Waals surface area contributed by atoms with Crippen LogP contribution in [0.25, 0.3) is 0 Å². The van der Waals surface area contributed by atoms with Crippen LogP contribution in [0.4, 0.5) is 5.82 Å². The molecule has 0 amide bonds. The first-order valence-electron chi connectivity index (χ1n) is 7.33. The molecular weight excluding hydrogens is 236 g/mol. The van der Waals surface area contributed by atoms with E-state index in [4.69, 9.17) is 4.98 Å². The molecule has 0 aliphatic carbocycles. The number of hydrogen-bond acceptors (Lipinski definition) is 4. The van der Waals surface area contributed by atoms with Crippen LogP contribution < -0.4 is 10.2 Å². The first-order chi connectivity index (χ1) is 9.24. The van der Waals surface area contributed by atoms with E-state index in [0.29, 0.717) is 0 Å². The average Bonchev–Trinajstić information content (AvgIpc) is 2.43. The highest BCUT2D eigenvalue weighted by atomic mass is 15.3. The van der Waals surface area contributed by atoms with E-state index in [1.54, 1.807) is 0 Å². The lowest BCUT2D eigenvalue weighted by atomic mass is 10.2. The van der Waals surface area contributed by atoms with E-state index in [1.807, 2.05) is 7.05 Å². The lowest BCUT2D eigenvalue weighted by Crippen LogP contribution is -2.46. The Balaban J connectivity index is 1.97. The van der Waals surface area contributed by atoms with Gasteiger partial charge in [0, 0.05) is 38.4 Å². The summed E-state index contributed by atoms with van der Waals surface area (Å²) in [4.78, 5) is 9.70. The molecule has 2 rings (SSSR count). The SMILES string of the molecule is CCCN1CCN(c2ccc(CNC)c(C)n2)CC1. The largest absolute Gasteiger partial charge is 0.354 e. The van der Waals surface area contributed by atoms with E-state index in [-0.39, 0.29) is 0 Å². The summed E-state index contributed by atoms with van der Waals surface area (Å²) in [5.41, 5.74) is 2.43. The molecule has 19 heavy (non-hydrogen) atoms. The van der Waals surface area contributed by atoms with Crippen molar-refractivity contribution in [2.24, 2.45) is 0 Å². The molecular formula is C15H26N4. The van der Waals surface area contributed by atoms with Gasteiger partial charge in [0.15, 0.2) is 0 Å². The standard InChI is InChI=1S/C15H26N4/c1-4-7-18-8-10-19(11-9-18)15-6-5-14(12-16-3)13(2)17-15/h5-6,16H,4,7-12H2,1-3H3. The smallest absolute Gasteiger partial charge is 0.128 e. The van der Waals surface area contributed by atoms with E-state index in [2.05, 4.69) is 41.1 Å². The monoisotopic (exact) mass is 262 g/mol. The number of aryl methyl sites for hydroxylation is 1. The van der Waals surface area contributed by atoms with Crippen molar-refractivity contribution < 1.29 is 0 Å². The number of hydrogen-bond donors (Lipinski definition) is 1. The van der Waals surface area contributed by atoms with E-state index in [9.17, 15) is 0 Å². The maximum Gasteiger partial charge on any atom is 0.128 e. The lowest BCUT2D eigenvalue weighted by molar-refractivity contribution is 0.258. The van der Waals surface area contributed by atoms with Crippen LogP contribution >= 0.6 is 0 Å². The van der Waals surface area contributed by atoms with Gasteiger partial charge in [0.25, 0.3) is 0 Å². The molecule has 2 heterocycles. The quantitative estimate of drug-likeness (QED) is 0.874. The Hall–Kier alpha value is -1.13. The molecule has 1 aromatic rings. The van der Waals surface area contributed by atoms with Gasteiger partial charge in [0.2, 0.25) is 0 Å². The van der Waals surface area contributed by atoms with Crippen molar-refractivity contribution in [3.05, 3.63) is 23.4 Å². The third-order valence-electron chi connectivity index (χ3n) is 3.78.